The van der Waals surface area contributed by atoms with E-state index in [1.165, 1.54) is 19.3 Å². The molecule has 0 spiro atoms. The lowest BCUT2D eigenvalue weighted by Crippen LogP contribution is -1.77. The summed E-state index contributed by atoms with van der Waals surface area (Å²) in [5.41, 5.74) is 0. The molecule has 0 nitrogen and oxygen atoms in total. The predicted octanol–water partition coefficient (Wildman–Crippen LogP) is 5.55. The maximum Gasteiger partial charge on any atom is -0.0474 e. The van der Waals surface area contributed by atoms with Crippen molar-refractivity contribution in [2.45, 2.75) is 53.9 Å². The minimum atomic E-state index is 0.884. The van der Waals surface area contributed by atoms with Gasteiger partial charge in [0.15, 0.2) is 0 Å². The summed E-state index contributed by atoms with van der Waals surface area (Å²) in [6.45, 7) is 11.0. The number of unbranched alkanes of at least 4 members (excludes halogenated alkanes) is 1. The smallest absolute Gasteiger partial charge is 0.0474 e. The molecular formula is C15H28. The lowest BCUT2D eigenvalue weighted by atomic mass is 10.2. The Bertz CT molecular complexity index is 136. The van der Waals surface area contributed by atoms with Crippen LogP contribution in [0.2, 0.25) is 0 Å². The van der Waals surface area contributed by atoms with Crippen LogP contribution in [0, 0.1) is 5.92 Å². The van der Waals surface area contributed by atoms with Crippen molar-refractivity contribution in [2.24, 2.45) is 5.92 Å². The van der Waals surface area contributed by atoms with Gasteiger partial charge in [-0.05, 0) is 5.92 Å². The average molecular weight is 208 g/mol. The van der Waals surface area contributed by atoms with Crippen molar-refractivity contribution in [2.75, 3.05) is 0 Å². The molecule has 0 heterocycles. The van der Waals surface area contributed by atoms with Crippen LogP contribution >= 0.6 is 0 Å². The van der Waals surface area contributed by atoms with Crippen LogP contribution in [-0.4, -0.2) is 0 Å². The van der Waals surface area contributed by atoms with Crippen LogP contribution in [0.5, 0.6) is 0 Å². The Morgan fingerprint density at radius 2 is 0.867 bits per heavy atom. The van der Waals surface area contributed by atoms with Gasteiger partial charge in [-0.25, -0.2) is 0 Å². The topological polar surface area (TPSA) is 0 Å². The zero-order chi connectivity index (χ0) is 11.9. The van der Waals surface area contributed by atoms with Gasteiger partial charge in [0.2, 0.25) is 0 Å². The summed E-state index contributed by atoms with van der Waals surface area (Å²) in [5.74, 6) is 0.884. The van der Waals surface area contributed by atoms with Crippen LogP contribution < -0.4 is 0 Å². The molecule has 15 heavy (non-hydrogen) atoms. The number of benzene rings is 1. The van der Waals surface area contributed by atoms with E-state index in [-0.39, 0.29) is 0 Å². The molecule has 0 radical (unpaired) electrons. The van der Waals surface area contributed by atoms with E-state index in [9.17, 15) is 0 Å². The quantitative estimate of drug-likeness (QED) is 0.598. The first-order valence-corrected chi connectivity index (χ1v) is 6.18. The molecule has 1 aromatic rings. The summed E-state index contributed by atoms with van der Waals surface area (Å²) in [4.78, 5) is 0. The van der Waals surface area contributed by atoms with Crippen LogP contribution in [-0.2, 0) is 0 Å². The Balaban J connectivity index is 0. The van der Waals surface area contributed by atoms with E-state index >= 15 is 0 Å². The highest BCUT2D eigenvalue weighted by atomic mass is 13.9. The maximum absolute atomic E-state index is 2.22. The minimum Gasteiger partial charge on any atom is -0.0654 e. The van der Waals surface area contributed by atoms with E-state index in [4.69, 9.17) is 0 Å². The molecule has 0 heteroatoms. The van der Waals surface area contributed by atoms with Gasteiger partial charge in [0.1, 0.15) is 0 Å². The van der Waals surface area contributed by atoms with Crippen LogP contribution in [0.15, 0.2) is 36.4 Å². The van der Waals surface area contributed by atoms with Gasteiger partial charge in [0, 0.05) is 0 Å². The normalized spacial score (nSPS) is 8.40. The van der Waals surface area contributed by atoms with Gasteiger partial charge in [-0.3, -0.25) is 0 Å². The Morgan fingerprint density at radius 1 is 0.667 bits per heavy atom. The molecule has 0 bridgehead atoms. The summed E-state index contributed by atoms with van der Waals surface area (Å²) in [5, 5.41) is 0. The Hall–Kier alpha value is -0.780. The van der Waals surface area contributed by atoms with Crippen LogP contribution in [0.3, 0.4) is 0 Å². The highest BCUT2D eigenvalue weighted by Gasteiger charge is 1.80. The number of hydrogen-bond acceptors (Lipinski definition) is 0. The van der Waals surface area contributed by atoms with Gasteiger partial charge >= 0.3 is 0 Å². The number of rotatable bonds is 2. The molecule has 1 rings (SSSR count). The van der Waals surface area contributed by atoms with E-state index in [0.717, 1.165) is 5.92 Å². The van der Waals surface area contributed by atoms with Crippen molar-refractivity contribution in [3.8, 4) is 0 Å². The molecule has 0 atom stereocenters. The lowest BCUT2D eigenvalue weighted by Gasteiger charge is -1.90. The van der Waals surface area contributed by atoms with Gasteiger partial charge in [-0.2, -0.15) is 0 Å². The van der Waals surface area contributed by atoms with Crippen molar-refractivity contribution >= 4 is 0 Å². The largest absolute Gasteiger partial charge is 0.0654 e. The number of hydrogen-bond donors (Lipinski definition) is 0. The molecule has 0 amide bonds. The molecule has 0 saturated heterocycles. The van der Waals surface area contributed by atoms with E-state index in [1.54, 1.807) is 0 Å². The summed E-state index contributed by atoms with van der Waals surface area (Å²) in [6, 6.07) is 12.0. The SMILES string of the molecule is CCC(C)C.CCCC.c1ccccc1. The molecular weight excluding hydrogens is 180 g/mol. The maximum atomic E-state index is 2.22. The van der Waals surface area contributed by atoms with Gasteiger partial charge < -0.3 is 0 Å². The summed E-state index contributed by atoms with van der Waals surface area (Å²) >= 11 is 0. The van der Waals surface area contributed by atoms with Gasteiger partial charge in [-0.15, -0.1) is 0 Å². The first kappa shape index (κ1) is 16.6. The zero-order valence-corrected chi connectivity index (χ0v) is 11.2. The predicted molar refractivity (Wildman–Crippen MR) is 72.2 cm³/mol. The summed E-state index contributed by atoms with van der Waals surface area (Å²) < 4.78 is 0. The Labute approximate surface area is 96.7 Å². The van der Waals surface area contributed by atoms with Crippen molar-refractivity contribution in [3.05, 3.63) is 36.4 Å². The highest BCUT2D eigenvalue weighted by molar-refractivity contribution is 4.99. The second kappa shape index (κ2) is 15.7. The highest BCUT2D eigenvalue weighted by Crippen LogP contribution is 1.93. The molecule has 88 valence electrons. The zero-order valence-electron chi connectivity index (χ0n) is 11.2. The molecule has 0 N–H and O–H groups in total. The molecule has 1 aromatic carbocycles. The molecule has 0 aliphatic heterocycles. The third-order valence-corrected chi connectivity index (χ3v) is 1.98. The standard InChI is InChI=1S/C6H6.C5H12.C4H10/c1-2-4-6-5-3-1;1-4-5(2)3;1-3-4-2/h1-6H;5H,4H2,1-3H3;3-4H2,1-2H3. The van der Waals surface area contributed by atoms with E-state index < -0.39 is 0 Å². The van der Waals surface area contributed by atoms with Crippen molar-refractivity contribution < 1.29 is 0 Å². The van der Waals surface area contributed by atoms with E-state index in [2.05, 4.69) is 34.6 Å². The van der Waals surface area contributed by atoms with E-state index in [1.807, 2.05) is 36.4 Å². The van der Waals surface area contributed by atoms with E-state index in [0.29, 0.717) is 0 Å². The van der Waals surface area contributed by atoms with Gasteiger partial charge in [0.25, 0.3) is 0 Å². The molecule has 0 unspecified atom stereocenters. The van der Waals surface area contributed by atoms with Crippen LogP contribution in [0.1, 0.15) is 53.9 Å². The summed E-state index contributed by atoms with van der Waals surface area (Å²) in [7, 11) is 0. The molecule has 0 fully saturated rings. The summed E-state index contributed by atoms with van der Waals surface area (Å²) in [6.07, 6.45) is 3.94. The minimum absolute atomic E-state index is 0.884. The fourth-order valence-electron chi connectivity index (χ4n) is 0.385. The molecule has 0 aliphatic carbocycles. The second-order valence-electron chi connectivity index (χ2n) is 3.96. The third-order valence-electron chi connectivity index (χ3n) is 1.98. The molecule has 0 saturated carbocycles. The second-order valence-corrected chi connectivity index (χ2v) is 3.96. The fraction of sp³-hybridized carbons (Fsp3) is 0.600. The van der Waals surface area contributed by atoms with Crippen molar-refractivity contribution in [3.63, 3.8) is 0 Å². The molecule has 0 aliphatic rings. The molecule has 0 aromatic heterocycles. The third kappa shape index (κ3) is 24.6. The lowest BCUT2D eigenvalue weighted by molar-refractivity contribution is 0.626. The van der Waals surface area contributed by atoms with Crippen molar-refractivity contribution in [1.29, 1.82) is 0 Å². The first-order valence-electron chi connectivity index (χ1n) is 6.18. The first-order chi connectivity index (χ1) is 7.18. The van der Waals surface area contributed by atoms with Crippen molar-refractivity contribution in [1.82, 2.24) is 0 Å². The van der Waals surface area contributed by atoms with Gasteiger partial charge in [0.05, 0.1) is 0 Å². The average Bonchev–Trinajstić information content (AvgIpc) is 2.32. The Morgan fingerprint density at radius 3 is 0.933 bits per heavy atom. The monoisotopic (exact) mass is 208 g/mol. The Kier molecular flexibility index (Phi) is 17.4. The van der Waals surface area contributed by atoms with Crippen LogP contribution in [0.25, 0.3) is 0 Å². The van der Waals surface area contributed by atoms with Gasteiger partial charge in [-0.1, -0.05) is 90.3 Å². The van der Waals surface area contributed by atoms with Crippen LogP contribution in [0.4, 0.5) is 0 Å². The fourth-order valence-corrected chi connectivity index (χ4v) is 0.385.